The number of hydrogen-bond donors (Lipinski definition) is 6. The normalized spacial score (nSPS) is 20.0. The van der Waals surface area contributed by atoms with Crippen molar-refractivity contribution in [3.05, 3.63) is 0 Å². The van der Waals surface area contributed by atoms with E-state index in [4.69, 9.17) is 9.47 Å². The monoisotopic (exact) mass is 950 g/mol. The largest absolute Gasteiger partial charge is 0.397 e. The Morgan fingerprint density at radius 3 is 1.23 bits per heavy atom. The van der Waals surface area contributed by atoms with Crippen LogP contribution in [0.1, 0.15) is 271 Å². The molecule has 1 aliphatic heterocycles. The first-order valence-corrected chi connectivity index (χ1v) is 28.8. The van der Waals surface area contributed by atoms with Gasteiger partial charge in [-0.25, -0.2) is 4.18 Å². The summed E-state index contributed by atoms with van der Waals surface area (Å²) in [5.41, 5.74) is 0. The van der Waals surface area contributed by atoms with Gasteiger partial charge in [-0.05, 0) is 12.8 Å². The average Bonchev–Trinajstić information content (AvgIpc) is 3.28. The van der Waals surface area contributed by atoms with E-state index >= 15 is 0 Å². The Hall–Kier alpha value is -0.900. The maximum Gasteiger partial charge on any atom is 0.397 e. The second-order valence-electron chi connectivity index (χ2n) is 19.5. The van der Waals surface area contributed by atoms with Crippen molar-refractivity contribution in [1.82, 2.24) is 5.32 Å². The molecule has 0 saturated carbocycles. The fraction of sp³-hybridized carbons (Fsp3) is 0.981. The van der Waals surface area contributed by atoms with Crippen LogP contribution in [0.4, 0.5) is 0 Å². The lowest BCUT2D eigenvalue weighted by molar-refractivity contribution is -0.298. The summed E-state index contributed by atoms with van der Waals surface area (Å²) in [4.78, 5) is 13.1. The first-order valence-electron chi connectivity index (χ1n) is 27.4. The van der Waals surface area contributed by atoms with Crippen molar-refractivity contribution >= 4 is 16.3 Å². The Bertz CT molecular complexity index is 1160. The molecule has 388 valence electrons. The lowest BCUT2D eigenvalue weighted by atomic mass is 9.99. The van der Waals surface area contributed by atoms with Crippen LogP contribution in [0.15, 0.2) is 0 Å². The van der Waals surface area contributed by atoms with Gasteiger partial charge in [-0.15, -0.1) is 0 Å². The molecule has 0 aliphatic carbocycles. The second-order valence-corrected chi connectivity index (χ2v) is 20.6. The van der Waals surface area contributed by atoms with Crippen LogP contribution < -0.4 is 5.32 Å². The average molecular weight is 950 g/mol. The van der Waals surface area contributed by atoms with Crippen molar-refractivity contribution in [2.45, 2.75) is 314 Å². The minimum Gasteiger partial charge on any atom is -0.394 e. The van der Waals surface area contributed by atoms with E-state index in [0.717, 1.165) is 51.4 Å². The van der Waals surface area contributed by atoms with Crippen molar-refractivity contribution in [3.63, 3.8) is 0 Å². The Morgan fingerprint density at radius 2 is 0.892 bits per heavy atom. The van der Waals surface area contributed by atoms with E-state index in [2.05, 4.69) is 23.3 Å². The molecule has 1 aliphatic rings. The first kappa shape index (κ1) is 62.1. The number of carbonyl (C=O) groups is 1. The van der Waals surface area contributed by atoms with Gasteiger partial charge in [0, 0.05) is 6.42 Å². The van der Waals surface area contributed by atoms with Gasteiger partial charge in [0.1, 0.15) is 24.4 Å². The summed E-state index contributed by atoms with van der Waals surface area (Å²) in [6.45, 7) is 3.49. The van der Waals surface area contributed by atoms with Gasteiger partial charge in [0.05, 0.1) is 25.4 Å². The van der Waals surface area contributed by atoms with Crippen LogP contribution in [0.25, 0.3) is 0 Å². The van der Waals surface area contributed by atoms with E-state index in [0.29, 0.717) is 12.8 Å². The molecule has 13 heteroatoms. The summed E-state index contributed by atoms with van der Waals surface area (Å²) >= 11 is 0. The fourth-order valence-electron chi connectivity index (χ4n) is 9.17. The van der Waals surface area contributed by atoms with Gasteiger partial charge in [0.15, 0.2) is 6.29 Å². The van der Waals surface area contributed by atoms with E-state index < -0.39 is 59.9 Å². The molecule has 1 heterocycles. The highest BCUT2D eigenvalue weighted by molar-refractivity contribution is 7.80. The van der Waals surface area contributed by atoms with Gasteiger partial charge in [0.25, 0.3) is 0 Å². The van der Waals surface area contributed by atoms with Crippen molar-refractivity contribution in [2.75, 3.05) is 13.2 Å². The number of unbranched alkanes of at least 4 members (excludes halogenated alkanes) is 36. The van der Waals surface area contributed by atoms with E-state index in [1.165, 1.54) is 193 Å². The molecule has 1 rings (SSSR count). The zero-order valence-electron chi connectivity index (χ0n) is 41.8. The maximum atomic E-state index is 13.1. The highest BCUT2D eigenvalue weighted by Crippen LogP contribution is 2.26. The summed E-state index contributed by atoms with van der Waals surface area (Å²) in [6, 6.07) is -0.852. The molecule has 1 amide bonds. The third kappa shape index (κ3) is 35.8. The summed E-state index contributed by atoms with van der Waals surface area (Å²) in [7, 11) is -5.08. The number of aliphatic hydroxyl groups excluding tert-OH is 4. The van der Waals surface area contributed by atoms with Crippen LogP contribution in [0.3, 0.4) is 0 Å². The van der Waals surface area contributed by atoms with E-state index in [-0.39, 0.29) is 12.5 Å². The molecule has 6 N–H and O–H groups in total. The van der Waals surface area contributed by atoms with Crippen LogP contribution in [-0.2, 0) is 28.9 Å². The van der Waals surface area contributed by atoms with Crippen LogP contribution in [0, 0.1) is 0 Å². The molecule has 1 fully saturated rings. The minimum atomic E-state index is -5.08. The molecule has 0 spiro atoms. The summed E-state index contributed by atoms with van der Waals surface area (Å²) in [5.74, 6) is -0.223. The van der Waals surface area contributed by atoms with Gasteiger partial charge < -0.3 is 35.2 Å². The molecule has 0 aromatic rings. The molecule has 0 aromatic heterocycles. The number of carbonyl (C=O) groups excluding carboxylic acids is 1. The Kier molecular flexibility index (Phi) is 41.2. The summed E-state index contributed by atoms with van der Waals surface area (Å²) < 4.78 is 47.8. The van der Waals surface area contributed by atoms with Crippen molar-refractivity contribution < 1.29 is 51.8 Å². The summed E-state index contributed by atoms with van der Waals surface area (Å²) in [5, 5.41) is 45.0. The van der Waals surface area contributed by atoms with Crippen LogP contribution in [0.2, 0.25) is 0 Å². The topological polar surface area (TPSA) is 192 Å². The Labute approximate surface area is 398 Å². The van der Waals surface area contributed by atoms with Crippen LogP contribution in [0.5, 0.6) is 0 Å². The quantitative estimate of drug-likeness (QED) is 0.0251. The lowest BCUT2D eigenvalue weighted by Gasteiger charge is -2.41. The SMILES string of the molecule is CCCCCCCCCCCCCCCCCCCCCCCC(=O)NC(COC1OC(CO)C(O)C(OS(=O)(=O)O)C1O)C(O)CCCCCCCCCCCCCCCCCCC. The Balaban J connectivity index is 2.37. The highest BCUT2D eigenvalue weighted by Gasteiger charge is 2.48. The number of rotatable bonds is 48. The molecular formula is C52H103NO11S. The highest BCUT2D eigenvalue weighted by atomic mass is 32.3. The molecule has 1 saturated heterocycles. The number of aliphatic hydroxyl groups is 4. The first-order chi connectivity index (χ1) is 31.5. The van der Waals surface area contributed by atoms with Gasteiger partial charge in [0.2, 0.25) is 5.91 Å². The van der Waals surface area contributed by atoms with Crippen molar-refractivity contribution in [1.29, 1.82) is 0 Å². The Morgan fingerprint density at radius 1 is 0.554 bits per heavy atom. The fourth-order valence-corrected chi connectivity index (χ4v) is 9.68. The molecular weight excluding hydrogens is 847 g/mol. The predicted octanol–water partition coefficient (Wildman–Crippen LogP) is 12.1. The number of nitrogens with one attached hydrogen (secondary N) is 1. The van der Waals surface area contributed by atoms with E-state index in [9.17, 15) is 38.2 Å². The molecule has 65 heavy (non-hydrogen) atoms. The van der Waals surface area contributed by atoms with Gasteiger partial charge >= 0.3 is 10.4 Å². The number of amides is 1. The number of ether oxygens (including phenoxy) is 2. The molecule has 0 bridgehead atoms. The summed E-state index contributed by atoms with van der Waals surface area (Å²) in [6.07, 6.45) is 39.6. The van der Waals surface area contributed by atoms with Crippen LogP contribution >= 0.6 is 0 Å². The standard InChI is InChI=1S/C52H103NO11S/c1-3-5-7-9-11-13-15-17-19-21-22-23-24-26-28-30-32-34-36-38-40-42-48(56)53-45(44-62-52-50(58)51(64-65(59,60)61)49(57)47(43-54)63-52)46(55)41-39-37-35-33-31-29-27-25-20-18-16-14-12-10-8-6-4-2/h45-47,49-52,54-55,57-58H,3-44H2,1-2H3,(H,53,56)(H,59,60,61). The third-order valence-electron chi connectivity index (χ3n) is 13.4. The van der Waals surface area contributed by atoms with E-state index in [1.54, 1.807) is 0 Å². The smallest absolute Gasteiger partial charge is 0.394 e. The predicted molar refractivity (Wildman–Crippen MR) is 264 cm³/mol. The van der Waals surface area contributed by atoms with Crippen LogP contribution in [-0.4, -0.2) is 95.4 Å². The molecule has 12 nitrogen and oxygen atoms in total. The third-order valence-corrected chi connectivity index (χ3v) is 13.9. The van der Waals surface area contributed by atoms with Gasteiger partial charge in [-0.1, -0.05) is 251 Å². The second kappa shape index (κ2) is 43.1. The zero-order valence-corrected chi connectivity index (χ0v) is 42.7. The van der Waals surface area contributed by atoms with E-state index in [1.807, 2.05) is 0 Å². The van der Waals surface area contributed by atoms with Gasteiger partial charge in [-0.2, -0.15) is 8.42 Å². The van der Waals surface area contributed by atoms with Crippen molar-refractivity contribution in [2.24, 2.45) is 0 Å². The lowest BCUT2D eigenvalue weighted by Crippen LogP contribution is -2.61. The molecule has 0 aromatic carbocycles. The minimum absolute atomic E-state index is 0.223. The molecule has 7 atom stereocenters. The molecule has 0 radical (unpaired) electrons. The number of hydrogen-bond acceptors (Lipinski definition) is 10. The maximum absolute atomic E-state index is 13.1. The van der Waals surface area contributed by atoms with Gasteiger partial charge in [-0.3, -0.25) is 9.35 Å². The zero-order chi connectivity index (χ0) is 47.6. The molecule has 7 unspecified atom stereocenters. The van der Waals surface area contributed by atoms with Crippen molar-refractivity contribution in [3.8, 4) is 0 Å².